The van der Waals surface area contributed by atoms with Gasteiger partial charge in [-0.25, -0.2) is 14.0 Å². The molecule has 39 heavy (non-hydrogen) atoms. The summed E-state index contributed by atoms with van der Waals surface area (Å²) in [5.74, 6) is -5.69. The van der Waals surface area contributed by atoms with Crippen LogP contribution in [0.5, 0.6) is 0 Å². The maximum atomic E-state index is 13.6. The summed E-state index contributed by atoms with van der Waals surface area (Å²) in [6.45, 7) is 5.28. The van der Waals surface area contributed by atoms with Crippen LogP contribution in [-0.2, 0) is 20.9 Å². The normalized spacial score (nSPS) is 19.8. The predicted octanol–water partition coefficient (Wildman–Crippen LogP) is 4.36. The van der Waals surface area contributed by atoms with Crippen molar-refractivity contribution < 1.29 is 55.3 Å². The molecule has 0 radical (unpaired) electrons. The van der Waals surface area contributed by atoms with Gasteiger partial charge in [0, 0.05) is 50.8 Å². The van der Waals surface area contributed by atoms with Gasteiger partial charge in [-0.1, -0.05) is 12.1 Å². The number of anilines is 1. The lowest BCUT2D eigenvalue weighted by Crippen LogP contribution is -2.59. The average Bonchev–Trinajstić information content (AvgIpc) is 2.84. The number of piperidine rings is 1. The van der Waals surface area contributed by atoms with Crippen LogP contribution in [0.4, 0.5) is 36.4 Å². The molecule has 0 aliphatic carbocycles. The van der Waals surface area contributed by atoms with Crippen LogP contribution in [-0.4, -0.2) is 82.8 Å². The molecule has 3 heterocycles. The van der Waals surface area contributed by atoms with Crippen molar-refractivity contribution in [2.75, 3.05) is 37.7 Å². The minimum absolute atomic E-state index is 0.162. The van der Waals surface area contributed by atoms with Gasteiger partial charge in [-0.2, -0.15) is 26.3 Å². The van der Waals surface area contributed by atoms with E-state index in [1.165, 1.54) is 11.6 Å². The number of halogens is 7. The van der Waals surface area contributed by atoms with E-state index in [9.17, 15) is 30.7 Å². The van der Waals surface area contributed by atoms with Gasteiger partial charge in [0.05, 0.1) is 12.2 Å². The smallest absolute Gasteiger partial charge is 0.475 e. The summed E-state index contributed by atoms with van der Waals surface area (Å²) in [5.41, 5.74) is 2.02. The van der Waals surface area contributed by atoms with Gasteiger partial charge in [-0.15, -0.1) is 0 Å². The third kappa shape index (κ3) is 10.7. The second-order valence-corrected chi connectivity index (χ2v) is 8.71. The van der Waals surface area contributed by atoms with Crippen LogP contribution in [0.1, 0.15) is 18.4 Å². The summed E-state index contributed by atoms with van der Waals surface area (Å²) < 4.78 is 83.3. The molecule has 2 saturated heterocycles. The van der Waals surface area contributed by atoms with Crippen LogP contribution in [0.15, 0.2) is 48.8 Å². The quantitative estimate of drug-likeness (QED) is 0.526. The second-order valence-electron chi connectivity index (χ2n) is 8.71. The van der Waals surface area contributed by atoms with Crippen LogP contribution in [0, 0.1) is 5.82 Å². The number of benzene rings is 1. The maximum absolute atomic E-state index is 13.6. The van der Waals surface area contributed by atoms with Gasteiger partial charge >= 0.3 is 24.3 Å². The SMILES string of the molecule is Fc1cccc(N2CCCC3(CN(Cc4cccnc4)CCO3)C2)c1.O=C(O)C(F)(F)F.O=C(O)C(F)(F)F. The molecule has 0 amide bonds. The molecule has 2 N–H and O–H groups in total. The number of carbonyl (C=O) groups is 2. The minimum atomic E-state index is -5.08. The van der Waals surface area contributed by atoms with Gasteiger partial charge in [0.25, 0.3) is 0 Å². The highest BCUT2D eigenvalue weighted by Crippen LogP contribution is 2.32. The van der Waals surface area contributed by atoms with Gasteiger partial charge in [0.1, 0.15) is 5.82 Å². The van der Waals surface area contributed by atoms with Crippen LogP contribution < -0.4 is 4.90 Å². The maximum Gasteiger partial charge on any atom is 0.490 e. The van der Waals surface area contributed by atoms with Crippen molar-refractivity contribution in [1.29, 1.82) is 0 Å². The van der Waals surface area contributed by atoms with Gasteiger partial charge < -0.3 is 19.8 Å². The van der Waals surface area contributed by atoms with E-state index in [2.05, 4.69) is 20.9 Å². The molecular weight excluding hydrogens is 543 g/mol. The molecule has 0 saturated carbocycles. The van der Waals surface area contributed by atoms with Crippen molar-refractivity contribution in [3.63, 3.8) is 0 Å². The highest BCUT2D eigenvalue weighted by Gasteiger charge is 2.41. The van der Waals surface area contributed by atoms with Crippen LogP contribution in [0.25, 0.3) is 0 Å². The summed E-state index contributed by atoms with van der Waals surface area (Å²) in [6.07, 6.45) is -4.30. The van der Waals surface area contributed by atoms with E-state index in [-0.39, 0.29) is 11.4 Å². The molecule has 2 fully saturated rings. The standard InChI is InChI=1S/C20H24FN3O.2C2HF3O2/c21-18-5-1-6-19(12-18)24-9-3-7-20(16-24)15-23(10-11-25-20)14-17-4-2-8-22-13-17;2*3-2(4,5)1(6)7/h1-2,4-6,8,12-13H,3,7,9-11,14-16H2;2*(H,6,7). The first-order valence-electron chi connectivity index (χ1n) is 11.5. The number of carboxylic acid groups (broad SMARTS) is 2. The zero-order chi connectivity index (χ0) is 29.3. The molecule has 8 nitrogen and oxygen atoms in total. The van der Waals surface area contributed by atoms with E-state index >= 15 is 0 Å². The highest BCUT2D eigenvalue weighted by atomic mass is 19.4. The largest absolute Gasteiger partial charge is 0.490 e. The summed E-state index contributed by atoms with van der Waals surface area (Å²) in [5, 5.41) is 14.2. The van der Waals surface area contributed by atoms with Crippen LogP contribution in [0.2, 0.25) is 0 Å². The fourth-order valence-electron chi connectivity index (χ4n) is 4.05. The Kier molecular flexibility index (Phi) is 11.0. The number of nitrogens with zero attached hydrogens (tertiary/aromatic N) is 3. The Morgan fingerprint density at radius 1 is 0.974 bits per heavy atom. The molecule has 1 atom stereocenters. The van der Waals surface area contributed by atoms with E-state index in [4.69, 9.17) is 24.5 Å². The fraction of sp³-hybridized carbons (Fsp3) is 0.458. The Balaban J connectivity index is 0.000000317. The number of carboxylic acids is 2. The minimum Gasteiger partial charge on any atom is -0.475 e. The summed E-state index contributed by atoms with van der Waals surface area (Å²) in [7, 11) is 0. The van der Waals surface area contributed by atoms with Gasteiger partial charge in [0.15, 0.2) is 0 Å². The van der Waals surface area contributed by atoms with Crippen molar-refractivity contribution in [2.24, 2.45) is 0 Å². The number of aliphatic carboxylic acids is 2. The highest BCUT2D eigenvalue weighted by molar-refractivity contribution is 5.73. The number of morpholine rings is 1. The van der Waals surface area contributed by atoms with E-state index in [0.717, 1.165) is 57.9 Å². The molecule has 2 aliphatic heterocycles. The first-order chi connectivity index (χ1) is 18.1. The van der Waals surface area contributed by atoms with Gasteiger partial charge in [-0.3, -0.25) is 9.88 Å². The number of rotatable bonds is 3. The fourth-order valence-corrected chi connectivity index (χ4v) is 4.05. The van der Waals surface area contributed by atoms with Crippen molar-refractivity contribution >= 4 is 17.6 Å². The second kappa shape index (κ2) is 13.6. The van der Waals surface area contributed by atoms with E-state index < -0.39 is 24.3 Å². The number of aromatic nitrogens is 1. The number of alkyl halides is 6. The Labute approximate surface area is 218 Å². The molecule has 1 spiro atoms. The van der Waals surface area contributed by atoms with Gasteiger partial charge in [0.2, 0.25) is 0 Å². The molecular formula is C24H26F7N3O5. The van der Waals surface area contributed by atoms with E-state index in [0.29, 0.717) is 0 Å². The number of ether oxygens (including phenoxy) is 1. The number of hydrogen-bond acceptors (Lipinski definition) is 6. The lowest BCUT2D eigenvalue weighted by atomic mass is 9.90. The Morgan fingerprint density at radius 3 is 2.15 bits per heavy atom. The Hall–Kier alpha value is -3.46. The zero-order valence-electron chi connectivity index (χ0n) is 20.4. The van der Waals surface area contributed by atoms with Crippen molar-refractivity contribution in [3.05, 3.63) is 60.2 Å². The van der Waals surface area contributed by atoms with Crippen molar-refractivity contribution in [1.82, 2.24) is 9.88 Å². The lowest BCUT2D eigenvalue weighted by molar-refractivity contribution is -0.193. The predicted molar refractivity (Wildman–Crippen MR) is 123 cm³/mol. The third-order valence-corrected chi connectivity index (χ3v) is 5.65. The van der Waals surface area contributed by atoms with Crippen molar-refractivity contribution in [2.45, 2.75) is 37.3 Å². The van der Waals surface area contributed by atoms with Crippen LogP contribution >= 0.6 is 0 Å². The Morgan fingerprint density at radius 2 is 1.62 bits per heavy atom. The molecule has 2 aliphatic rings. The third-order valence-electron chi connectivity index (χ3n) is 5.65. The molecule has 216 valence electrons. The number of hydrogen-bond donors (Lipinski definition) is 2. The molecule has 0 bridgehead atoms. The molecule has 2 aromatic rings. The number of pyridine rings is 1. The first-order valence-corrected chi connectivity index (χ1v) is 11.5. The topological polar surface area (TPSA) is 103 Å². The molecule has 4 rings (SSSR count). The average molecular weight is 569 g/mol. The summed E-state index contributed by atoms with van der Waals surface area (Å²) in [4.78, 5) is 26.7. The van der Waals surface area contributed by atoms with E-state index in [1.54, 1.807) is 12.1 Å². The monoisotopic (exact) mass is 569 g/mol. The zero-order valence-corrected chi connectivity index (χ0v) is 20.4. The van der Waals surface area contributed by atoms with Gasteiger partial charge in [-0.05, 0) is 42.7 Å². The lowest BCUT2D eigenvalue weighted by Gasteiger charge is -2.48. The Bertz CT molecular complexity index is 1060. The molecule has 1 aromatic carbocycles. The van der Waals surface area contributed by atoms with Crippen molar-refractivity contribution in [3.8, 4) is 0 Å². The first kappa shape index (κ1) is 31.8. The summed E-state index contributed by atoms with van der Waals surface area (Å²) in [6, 6.07) is 11.0. The molecule has 15 heteroatoms. The van der Waals surface area contributed by atoms with Crippen LogP contribution in [0.3, 0.4) is 0 Å². The van der Waals surface area contributed by atoms with E-state index in [1.807, 2.05) is 24.5 Å². The molecule has 1 aromatic heterocycles. The summed E-state index contributed by atoms with van der Waals surface area (Å²) >= 11 is 0. The molecule has 1 unspecified atom stereocenters.